The molecule has 2 heterocycles. The van der Waals surface area contributed by atoms with Gasteiger partial charge in [-0.1, -0.05) is 48.2 Å². The fraction of sp³-hybridized carbons (Fsp3) is 0.176. The maximum absolute atomic E-state index is 12.1. The lowest BCUT2D eigenvalue weighted by molar-refractivity contribution is -0.690. The number of hydrogen-bond donors (Lipinski definition) is 2. The normalized spacial score (nSPS) is 18.1. The van der Waals surface area contributed by atoms with Gasteiger partial charge in [0.05, 0.1) is 12.2 Å². The third kappa shape index (κ3) is 1.63. The summed E-state index contributed by atoms with van der Waals surface area (Å²) in [7, 11) is 0. The highest BCUT2D eigenvalue weighted by Gasteiger charge is 2.28. The van der Waals surface area contributed by atoms with E-state index >= 15 is 0 Å². The molecule has 3 nitrogen and oxygen atoms in total. The Balaban J connectivity index is 1.92. The fourth-order valence-corrected chi connectivity index (χ4v) is 3.29. The Morgan fingerprint density at radius 1 is 1.05 bits per heavy atom. The number of para-hydroxylation sites is 2. The van der Waals surface area contributed by atoms with Gasteiger partial charge >= 0.3 is 0 Å². The molecule has 3 aromatic rings. The minimum Gasteiger partial charge on any atom is -0.872 e. The number of rotatable bonds is 1. The Morgan fingerprint density at radius 2 is 1.85 bits per heavy atom. The molecule has 0 spiro atoms. The highest BCUT2D eigenvalue weighted by Crippen LogP contribution is 2.32. The average Bonchev–Trinajstić information content (AvgIpc) is 2.86. The van der Waals surface area contributed by atoms with Crippen LogP contribution in [0.15, 0.2) is 48.5 Å². The number of benzene rings is 2. The minimum atomic E-state index is 0.0971. The van der Waals surface area contributed by atoms with Crippen LogP contribution in [0.2, 0.25) is 0 Å². The molecule has 3 heteroatoms. The number of nitrogens with two attached hydrogens (primary N) is 1. The van der Waals surface area contributed by atoms with Crippen molar-refractivity contribution in [3.8, 4) is 5.75 Å². The molecular formula is C17H16N2O. The minimum absolute atomic E-state index is 0.0971. The molecule has 1 atom stereocenters. The summed E-state index contributed by atoms with van der Waals surface area (Å²) in [5, 5.41) is 15.7. The number of fused-ring (bicyclic) bond motifs is 3. The quantitative estimate of drug-likeness (QED) is 0.686. The van der Waals surface area contributed by atoms with E-state index in [9.17, 15) is 5.11 Å². The molecule has 0 bridgehead atoms. The molecule has 1 aliphatic heterocycles. The van der Waals surface area contributed by atoms with E-state index in [4.69, 9.17) is 0 Å². The lowest BCUT2D eigenvalue weighted by atomic mass is 9.94. The first kappa shape index (κ1) is 11.6. The van der Waals surface area contributed by atoms with Crippen LogP contribution in [-0.4, -0.2) is 11.5 Å². The number of H-pyrrole nitrogens is 1. The summed E-state index contributed by atoms with van der Waals surface area (Å²) in [5.74, 6) is 0.125. The first-order valence-electron chi connectivity index (χ1n) is 7.03. The molecule has 0 saturated heterocycles. The molecule has 0 saturated carbocycles. The summed E-state index contributed by atoms with van der Waals surface area (Å²) < 4.78 is 0. The van der Waals surface area contributed by atoms with Crippen molar-refractivity contribution in [1.29, 1.82) is 0 Å². The van der Waals surface area contributed by atoms with Crippen molar-refractivity contribution < 1.29 is 10.4 Å². The van der Waals surface area contributed by atoms with Gasteiger partial charge in [0.1, 0.15) is 0 Å². The van der Waals surface area contributed by atoms with Crippen LogP contribution in [0.1, 0.15) is 22.9 Å². The first-order chi connectivity index (χ1) is 9.84. The van der Waals surface area contributed by atoms with E-state index in [0.717, 1.165) is 18.5 Å². The molecule has 4 rings (SSSR count). The van der Waals surface area contributed by atoms with Crippen LogP contribution in [0.3, 0.4) is 0 Å². The van der Waals surface area contributed by atoms with Crippen molar-refractivity contribution >= 4 is 10.9 Å². The van der Waals surface area contributed by atoms with Crippen molar-refractivity contribution in [2.75, 3.05) is 6.54 Å². The predicted molar refractivity (Wildman–Crippen MR) is 76.5 cm³/mol. The standard InChI is InChI=1S/C17H16N2O/c20-15-8-4-2-6-13(15)16-17-12(9-10-18-16)11-5-1-3-7-14(11)19-17/h1-8,16,18-20H,9-10H2. The molecule has 2 aromatic carbocycles. The summed E-state index contributed by atoms with van der Waals surface area (Å²) in [6, 6.07) is 15.8. The van der Waals surface area contributed by atoms with Gasteiger partial charge in [0.15, 0.2) is 6.04 Å². The second kappa shape index (κ2) is 4.39. The van der Waals surface area contributed by atoms with Crippen LogP contribution in [0.4, 0.5) is 0 Å². The van der Waals surface area contributed by atoms with Crippen molar-refractivity contribution in [2.45, 2.75) is 12.5 Å². The van der Waals surface area contributed by atoms with Crippen LogP contribution in [-0.2, 0) is 6.42 Å². The fourth-order valence-electron chi connectivity index (χ4n) is 3.29. The van der Waals surface area contributed by atoms with E-state index in [1.165, 1.54) is 22.2 Å². The number of hydrogen-bond acceptors (Lipinski definition) is 1. The van der Waals surface area contributed by atoms with E-state index < -0.39 is 0 Å². The summed E-state index contributed by atoms with van der Waals surface area (Å²) in [6.07, 6.45) is 1.05. The second-order valence-electron chi connectivity index (χ2n) is 5.35. The molecule has 1 aliphatic rings. The predicted octanol–water partition coefficient (Wildman–Crippen LogP) is 1.45. The zero-order valence-electron chi connectivity index (χ0n) is 11.1. The monoisotopic (exact) mass is 264 g/mol. The zero-order chi connectivity index (χ0) is 13.5. The smallest absolute Gasteiger partial charge is 0.152 e. The lowest BCUT2D eigenvalue weighted by Gasteiger charge is -2.25. The number of quaternary nitrogens is 1. The SMILES string of the molecule is [O-]c1ccccc1C1[NH2+]CCc2c1[nH]c1ccccc21. The molecule has 3 N–H and O–H groups in total. The Bertz CT molecular complexity index is 776. The number of aromatic amines is 1. The van der Waals surface area contributed by atoms with Crippen LogP contribution >= 0.6 is 0 Å². The van der Waals surface area contributed by atoms with Crippen LogP contribution in [0.25, 0.3) is 10.9 Å². The van der Waals surface area contributed by atoms with Crippen LogP contribution < -0.4 is 10.4 Å². The molecule has 20 heavy (non-hydrogen) atoms. The molecular weight excluding hydrogens is 248 g/mol. The molecule has 1 aromatic heterocycles. The molecule has 0 amide bonds. The highest BCUT2D eigenvalue weighted by atomic mass is 16.3. The maximum atomic E-state index is 12.1. The first-order valence-corrected chi connectivity index (χ1v) is 7.03. The van der Waals surface area contributed by atoms with Gasteiger partial charge in [-0.3, -0.25) is 0 Å². The van der Waals surface area contributed by atoms with Crippen LogP contribution in [0.5, 0.6) is 5.75 Å². The third-order valence-electron chi connectivity index (χ3n) is 4.21. The molecule has 100 valence electrons. The Hall–Kier alpha value is -2.26. The summed E-state index contributed by atoms with van der Waals surface area (Å²) >= 11 is 0. The Morgan fingerprint density at radius 3 is 2.75 bits per heavy atom. The van der Waals surface area contributed by atoms with Gasteiger partial charge in [0.2, 0.25) is 0 Å². The van der Waals surface area contributed by atoms with Gasteiger partial charge < -0.3 is 15.4 Å². The molecule has 1 unspecified atom stereocenters. The molecule has 0 radical (unpaired) electrons. The summed E-state index contributed by atoms with van der Waals surface area (Å²) in [6.45, 7) is 1.02. The van der Waals surface area contributed by atoms with E-state index in [1.807, 2.05) is 18.2 Å². The van der Waals surface area contributed by atoms with Crippen LogP contribution in [0, 0.1) is 0 Å². The van der Waals surface area contributed by atoms with E-state index in [1.54, 1.807) is 12.1 Å². The highest BCUT2D eigenvalue weighted by molar-refractivity contribution is 5.85. The van der Waals surface area contributed by atoms with Gasteiger partial charge in [-0.05, 0) is 11.6 Å². The molecule has 0 aliphatic carbocycles. The van der Waals surface area contributed by atoms with Gasteiger partial charge in [0.25, 0.3) is 0 Å². The Labute approximate surface area is 117 Å². The average molecular weight is 264 g/mol. The van der Waals surface area contributed by atoms with E-state index in [0.29, 0.717) is 0 Å². The zero-order valence-corrected chi connectivity index (χ0v) is 11.1. The van der Waals surface area contributed by atoms with Crippen molar-refractivity contribution in [2.24, 2.45) is 0 Å². The third-order valence-corrected chi connectivity index (χ3v) is 4.21. The van der Waals surface area contributed by atoms with Gasteiger partial charge in [-0.2, -0.15) is 0 Å². The van der Waals surface area contributed by atoms with Crippen molar-refractivity contribution in [3.63, 3.8) is 0 Å². The largest absolute Gasteiger partial charge is 0.872 e. The second-order valence-corrected chi connectivity index (χ2v) is 5.35. The maximum Gasteiger partial charge on any atom is 0.152 e. The topological polar surface area (TPSA) is 55.5 Å². The van der Waals surface area contributed by atoms with Crippen molar-refractivity contribution in [1.82, 2.24) is 4.98 Å². The Kier molecular flexibility index (Phi) is 2.54. The van der Waals surface area contributed by atoms with Gasteiger partial charge in [0, 0.05) is 22.9 Å². The summed E-state index contributed by atoms with van der Waals surface area (Å²) in [5.41, 5.74) is 4.61. The summed E-state index contributed by atoms with van der Waals surface area (Å²) in [4.78, 5) is 3.52. The number of aromatic nitrogens is 1. The van der Waals surface area contributed by atoms with Gasteiger partial charge in [-0.15, -0.1) is 0 Å². The number of nitrogens with one attached hydrogen (secondary N) is 1. The van der Waals surface area contributed by atoms with Crippen molar-refractivity contribution in [3.05, 3.63) is 65.4 Å². The van der Waals surface area contributed by atoms with E-state index in [-0.39, 0.29) is 11.8 Å². The molecule has 0 fully saturated rings. The van der Waals surface area contributed by atoms with E-state index in [2.05, 4.69) is 28.5 Å². The lowest BCUT2D eigenvalue weighted by Crippen LogP contribution is -2.87. The van der Waals surface area contributed by atoms with Gasteiger partial charge in [-0.25, -0.2) is 0 Å².